The molecule has 154 valence electrons. The van der Waals surface area contributed by atoms with Crippen LogP contribution in [-0.4, -0.2) is 34.8 Å². The molecule has 0 saturated carbocycles. The van der Waals surface area contributed by atoms with Gasteiger partial charge in [0.2, 0.25) is 5.91 Å². The van der Waals surface area contributed by atoms with E-state index in [1.807, 2.05) is 58.8 Å². The summed E-state index contributed by atoms with van der Waals surface area (Å²) < 4.78 is 0. The summed E-state index contributed by atoms with van der Waals surface area (Å²) in [5.41, 5.74) is 3.25. The van der Waals surface area contributed by atoms with Crippen LogP contribution in [0.4, 0.5) is 0 Å². The van der Waals surface area contributed by atoms with Gasteiger partial charge in [0.05, 0.1) is 17.1 Å². The number of rotatable bonds is 6. The summed E-state index contributed by atoms with van der Waals surface area (Å²) in [7, 11) is 0. The zero-order valence-electron chi connectivity index (χ0n) is 16.4. The van der Waals surface area contributed by atoms with Crippen molar-refractivity contribution in [1.82, 2.24) is 15.2 Å². The van der Waals surface area contributed by atoms with Crippen LogP contribution in [0.25, 0.3) is 10.6 Å². The summed E-state index contributed by atoms with van der Waals surface area (Å²) in [6, 6.07) is 15.0. The number of carbonyl (C=O) groups is 2. The third kappa shape index (κ3) is 4.89. The monoisotopic (exact) mass is 439 g/mol. The molecule has 1 fully saturated rings. The van der Waals surface area contributed by atoms with Gasteiger partial charge in [0, 0.05) is 36.1 Å². The fraction of sp³-hybridized carbons (Fsp3) is 0.261. The van der Waals surface area contributed by atoms with Crippen molar-refractivity contribution in [1.29, 1.82) is 0 Å². The maximum absolute atomic E-state index is 12.4. The van der Waals surface area contributed by atoms with Gasteiger partial charge in [-0.2, -0.15) is 0 Å². The number of thiazole rings is 1. The van der Waals surface area contributed by atoms with Crippen molar-refractivity contribution in [2.45, 2.75) is 25.8 Å². The quantitative estimate of drug-likeness (QED) is 0.612. The lowest BCUT2D eigenvalue weighted by Gasteiger charge is -2.15. The van der Waals surface area contributed by atoms with Crippen molar-refractivity contribution >= 4 is 34.8 Å². The molecule has 2 aromatic carbocycles. The van der Waals surface area contributed by atoms with Gasteiger partial charge in [0.1, 0.15) is 5.01 Å². The predicted molar refractivity (Wildman–Crippen MR) is 120 cm³/mol. The number of likely N-dealkylation sites (tertiary alicyclic amines) is 1. The van der Waals surface area contributed by atoms with E-state index >= 15 is 0 Å². The molecule has 2 heterocycles. The van der Waals surface area contributed by atoms with Gasteiger partial charge >= 0.3 is 0 Å². The molecule has 0 atom stereocenters. The minimum absolute atomic E-state index is 0.0842. The fourth-order valence-electron chi connectivity index (χ4n) is 3.44. The van der Waals surface area contributed by atoms with Gasteiger partial charge in [-0.15, -0.1) is 11.3 Å². The number of nitrogens with zero attached hydrogens (tertiary/aromatic N) is 2. The first kappa shape index (κ1) is 20.6. The Morgan fingerprint density at radius 3 is 2.53 bits per heavy atom. The summed E-state index contributed by atoms with van der Waals surface area (Å²) in [6.45, 7) is 2.09. The average Bonchev–Trinajstić information content (AvgIpc) is 3.45. The molecule has 4 rings (SSSR count). The molecule has 0 aliphatic carbocycles. The number of aromatic nitrogens is 1. The highest BCUT2D eigenvalue weighted by Gasteiger charge is 2.19. The second-order valence-electron chi connectivity index (χ2n) is 7.27. The first-order chi connectivity index (χ1) is 14.6. The Labute approximate surface area is 184 Å². The van der Waals surface area contributed by atoms with Gasteiger partial charge < -0.3 is 10.2 Å². The van der Waals surface area contributed by atoms with Gasteiger partial charge in [-0.25, -0.2) is 4.98 Å². The molecule has 7 heteroatoms. The molecule has 5 nitrogen and oxygen atoms in total. The summed E-state index contributed by atoms with van der Waals surface area (Å²) in [6.07, 6.45) is 2.37. The van der Waals surface area contributed by atoms with E-state index in [2.05, 4.69) is 10.3 Å². The molecule has 1 N–H and O–H groups in total. The number of nitrogens with one attached hydrogen (secondary N) is 1. The molecule has 1 aromatic heterocycles. The Morgan fingerprint density at radius 1 is 1.07 bits per heavy atom. The molecule has 0 radical (unpaired) electrons. The van der Waals surface area contributed by atoms with Gasteiger partial charge in [0.25, 0.3) is 5.91 Å². The first-order valence-electron chi connectivity index (χ1n) is 9.94. The molecule has 1 saturated heterocycles. The number of hydrogen-bond donors (Lipinski definition) is 1. The second-order valence-corrected chi connectivity index (χ2v) is 8.54. The molecule has 1 aliphatic rings. The molecular weight excluding hydrogens is 418 g/mol. The highest BCUT2D eigenvalue weighted by atomic mass is 35.5. The largest absolute Gasteiger partial charge is 0.352 e. The Bertz CT molecular complexity index is 1040. The number of halogens is 1. The van der Waals surface area contributed by atoms with Gasteiger partial charge in [-0.1, -0.05) is 41.9 Å². The SMILES string of the molecule is O=C(Cc1csc(-c2ccccc2Cl)n1)NCc1ccc(C(=O)N2CCCC2)cc1. The Hall–Kier alpha value is -2.70. The molecule has 0 bridgehead atoms. The predicted octanol–water partition coefficient (Wildman–Crippen LogP) is 4.56. The topological polar surface area (TPSA) is 62.3 Å². The summed E-state index contributed by atoms with van der Waals surface area (Å²) in [5.74, 6) is -0.0100. The molecule has 2 amide bonds. The lowest BCUT2D eigenvalue weighted by molar-refractivity contribution is -0.120. The lowest BCUT2D eigenvalue weighted by Crippen LogP contribution is -2.27. The second kappa shape index (κ2) is 9.41. The number of amides is 2. The number of hydrogen-bond acceptors (Lipinski definition) is 4. The molecule has 0 unspecified atom stereocenters. The summed E-state index contributed by atoms with van der Waals surface area (Å²) >= 11 is 7.70. The van der Waals surface area contributed by atoms with Crippen LogP contribution in [0.15, 0.2) is 53.9 Å². The van der Waals surface area contributed by atoms with Crippen LogP contribution in [-0.2, 0) is 17.8 Å². The van der Waals surface area contributed by atoms with Crippen LogP contribution >= 0.6 is 22.9 Å². The highest BCUT2D eigenvalue weighted by Crippen LogP contribution is 2.30. The van der Waals surface area contributed by atoms with Gasteiger partial charge in [-0.3, -0.25) is 9.59 Å². The average molecular weight is 440 g/mol. The normalized spacial score (nSPS) is 13.4. The number of benzene rings is 2. The van der Waals surface area contributed by atoms with Crippen molar-refractivity contribution in [3.8, 4) is 10.6 Å². The smallest absolute Gasteiger partial charge is 0.253 e. The van der Waals surface area contributed by atoms with Gasteiger partial charge in [-0.05, 0) is 36.6 Å². The van der Waals surface area contributed by atoms with Crippen LogP contribution in [0.5, 0.6) is 0 Å². The lowest BCUT2D eigenvalue weighted by atomic mass is 10.1. The van der Waals surface area contributed by atoms with Crippen LogP contribution in [0.3, 0.4) is 0 Å². The molecule has 1 aliphatic heterocycles. The van der Waals surface area contributed by atoms with Crippen molar-refractivity contribution < 1.29 is 9.59 Å². The van der Waals surface area contributed by atoms with Crippen LogP contribution in [0.2, 0.25) is 5.02 Å². The van der Waals surface area contributed by atoms with E-state index in [9.17, 15) is 9.59 Å². The third-order valence-electron chi connectivity index (χ3n) is 5.08. The van der Waals surface area contributed by atoms with E-state index < -0.39 is 0 Å². The first-order valence-corrected chi connectivity index (χ1v) is 11.2. The van der Waals surface area contributed by atoms with E-state index in [4.69, 9.17) is 11.6 Å². The maximum Gasteiger partial charge on any atom is 0.253 e. The van der Waals surface area contributed by atoms with E-state index in [0.29, 0.717) is 17.1 Å². The van der Waals surface area contributed by atoms with Crippen molar-refractivity contribution in [2.24, 2.45) is 0 Å². The molecule has 3 aromatic rings. The van der Waals surface area contributed by atoms with Crippen molar-refractivity contribution in [3.63, 3.8) is 0 Å². The molecule has 0 spiro atoms. The molecule has 30 heavy (non-hydrogen) atoms. The van der Waals surface area contributed by atoms with E-state index in [0.717, 1.165) is 47.8 Å². The zero-order valence-corrected chi connectivity index (χ0v) is 18.0. The summed E-state index contributed by atoms with van der Waals surface area (Å²) in [4.78, 5) is 31.1. The fourth-order valence-corrected chi connectivity index (χ4v) is 4.58. The van der Waals surface area contributed by atoms with Crippen molar-refractivity contribution in [3.05, 3.63) is 75.8 Å². The zero-order chi connectivity index (χ0) is 20.9. The third-order valence-corrected chi connectivity index (χ3v) is 6.34. The van der Waals surface area contributed by atoms with E-state index in [1.165, 1.54) is 11.3 Å². The Kier molecular flexibility index (Phi) is 6.45. The molecular formula is C23H22ClN3O2S. The Morgan fingerprint density at radius 2 is 1.80 bits per heavy atom. The standard InChI is InChI=1S/C23H22ClN3O2S/c24-20-6-2-1-5-19(20)22-26-18(15-30-22)13-21(28)25-14-16-7-9-17(10-8-16)23(29)27-11-3-4-12-27/h1-2,5-10,15H,3-4,11-14H2,(H,25,28). The van der Waals surface area contributed by atoms with Crippen molar-refractivity contribution in [2.75, 3.05) is 13.1 Å². The highest BCUT2D eigenvalue weighted by molar-refractivity contribution is 7.13. The van der Waals surface area contributed by atoms with Crippen LogP contribution in [0, 0.1) is 0 Å². The minimum atomic E-state index is -0.0942. The van der Waals surface area contributed by atoms with E-state index in [1.54, 1.807) is 0 Å². The van der Waals surface area contributed by atoms with Crippen LogP contribution in [0.1, 0.15) is 34.5 Å². The minimum Gasteiger partial charge on any atom is -0.352 e. The maximum atomic E-state index is 12.4. The van der Waals surface area contributed by atoms with Crippen LogP contribution < -0.4 is 5.32 Å². The van der Waals surface area contributed by atoms with Gasteiger partial charge in [0.15, 0.2) is 0 Å². The summed E-state index contributed by atoms with van der Waals surface area (Å²) in [5, 5.41) is 6.26. The Balaban J connectivity index is 1.30. The van der Waals surface area contributed by atoms with E-state index in [-0.39, 0.29) is 18.2 Å². The number of carbonyl (C=O) groups excluding carboxylic acids is 2.